The Bertz CT molecular complexity index is 37.1. The molecular formula is C11H30. The molecule has 0 aromatic rings. The number of hydrogen-bond acceptors (Lipinski definition) is 0. The van der Waals surface area contributed by atoms with Crippen molar-refractivity contribution in [2.75, 3.05) is 0 Å². The Morgan fingerprint density at radius 1 is 1.09 bits per heavy atom. The maximum atomic E-state index is 5.00. The number of unbranched alkanes of at least 4 members (excludes halogenated alkanes) is 1. The van der Waals surface area contributed by atoms with E-state index in [1.54, 1.807) is 0 Å². The van der Waals surface area contributed by atoms with E-state index in [1.165, 1.54) is 19.3 Å². The molecule has 0 atom stereocenters. The summed E-state index contributed by atoms with van der Waals surface area (Å²) in [6.07, 6.45) is 4.15. The first-order valence-electron chi connectivity index (χ1n) is 6.27. The minimum Gasteiger partial charge on any atom is -0.0683 e. The van der Waals surface area contributed by atoms with Gasteiger partial charge in [-0.15, -0.1) is 0 Å². The molecule has 0 aliphatic rings. The van der Waals surface area contributed by atoms with E-state index in [2.05, 4.69) is 20.8 Å². The van der Waals surface area contributed by atoms with Crippen molar-refractivity contribution in [1.29, 1.82) is 0 Å². The van der Waals surface area contributed by atoms with Crippen molar-refractivity contribution in [3.05, 3.63) is 0 Å². The van der Waals surface area contributed by atoms with Crippen LogP contribution in [0.15, 0.2) is 0 Å². The topological polar surface area (TPSA) is 0 Å². The average Bonchev–Trinajstić information content (AvgIpc) is 2.24. The fraction of sp³-hybridized carbons (Fsp3) is 1.00. The van der Waals surface area contributed by atoms with Crippen molar-refractivity contribution in [2.45, 2.75) is 67.7 Å². The molecule has 0 aliphatic heterocycles. The quantitative estimate of drug-likeness (QED) is 0.545. The summed E-state index contributed by atoms with van der Waals surface area (Å²) in [4.78, 5) is 0. The van der Waals surface area contributed by atoms with Crippen molar-refractivity contribution < 1.29 is 2.97 Å². The molecule has 0 heteroatoms. The molecular weight excluding hydrogens is 132 g/mol. The van der Waals surface area contributed by atoms with E-state index >= 15 is 0 Å². The molecule has 0 heterocycles. The highest BCUT2D eigenvalue weighted by Gasteiger charge is 1.88. The van der Waals surface area contributed by atoms with Crippen LogP contribution in [0, 0.1) is 5.92 Å². The summed E-state index contributed by atoms with van der Waals surface area (Å²) in [6, 6.07) is 0. The predicted molar refractivity (Wildman–Crippen MR) is 59.2 cm³/mol. The Morgan fingerprint density at radius 3 is 1.55 bits per heavy atom. The zero-order valence-electron chi connectivity index (χ0n) is 11.7. The van der Waals surface area contributed by atoms with Gasteiger partial charge in [-0.1, -0.05) is 67.7 Å². The van der Waals surface area contributed by atoms with Gasteiger partial charge in [0.2, 0.25) is 0 Å². The van der Waals surface area contributed by atoms with E-state index in [1.807, 2.05) is 27.7 Å². The fourth-order valence-corrected chi connectivity index (χ4v) is 0.612. The zero-order valence-corrected chi connectivity index (χ0v) is 9.70. The molecule has 0 aliphatic carbocycles. The highest BCUT2D eigenvalue weighted by Crippen LogP contribution is 2.04. The van der Waals surface area contributed by atoms with Crippen molar-refractivity contribution in [3.8, 4) is 0 Å². The summed E-state index contributed by atoms with van der Waals surface area (Å²) in [5.41, 5.74) is 0. The molecule has 0 spiro atoms. The smallest absolute Gasteiger partial charge is 0 e. The maximum Gasteiger partial charge on any atom is 0 e. The molecule has 11 heavy (non-hydrogen) atoms. The third-order valence-corrected chi connectivity index (χ3v) is 1.14. The van der Waals surface area contributed by atoms with E-state index in [0.717, 1.165) is 5.92 Å². The molecule has 0 N–H and O–H groups in total. The van der Waals surface area contributed by atoms with E-state index in [-0.39, 0.29) is 0 Å². The van der Waals surface area contributed by atoms with Gasteiger partial charge in [0.05, 0.1) is 0 Å². The van der Waals surface area contributed by atoms with Gasteiger partial charge in [0.25, 0.3) is 0 Å². The summed E-state index contributed by atoms with van der Waals surface area (Å²) < 4.78 is 10.0. The Hall–Kier alpha value is 0. The van der Waals surface area contributed by atoms with Gasteiger partial charge in [-0.2, -0.15) is 0 Å². The molecule has 0 aromatic carbocycles. The van der Waals surface area contributed by atoms with Gasteiger partial charge in [0.15, 0.2) is 0 Å². The van der Waals surface area contributed by atoms with Crippen molar-refractivity contribution >= 4 is 0 Å². The van der Waals surface area contributed by atoms with Crippen LogP contribution in [0.5, 0.6) is 0 Å². The Morgan fingerprint density at radius 2 is 1.45 bits per heavy atom. The van der Waals surface area contributed by atoms with E-state index in [9.17, 15) is 0 Å². The van der Waals surface area contributed by atoms with Crippen molar-refractivity contribution in [3.63, 3.8) is 0 Å². The van der Waals surface area contributed by atoms with Gasteiger partial charge in [-0.25, -0.2) is 0 Å². The summed E-state index contributed by atoms with van der Waals surface area (Å²) in [5, 5.41) is 0. The second-order valence-electron chi connectivity index (χ2n) is 2.54. The highest BCUT2D eigenvalue weighted by atomic mass is 13.9. The highest BCUT2D eigenvalue weighted by molar-refractivity contribution is 4.42. The standard InChI is InChI=1S/C7H16.2C2H6.H2/c1-4-5-6-7(2)3;2*1-2;/h7H,4-6H2,1-3H3;2*1-2H3;1H/i;;;1+2T. The normalized spacial score (nSPS) is 8.36. The summed E-state index contributed by atoms with van der Waals surface area (Å²) in [6.45, 7) is 14.8. The Kier molecular flexibility index (Phi) is 27.8. The molecule has 0 amide bonds. The summed E-state index contributed by atoms with van der Waals surface area (Å²) >= 11 is 0. The lowest BCUT2D eigenvalue weighted by atomic mass is 10.1. The van der Waals surface area contributed by atoms with E-state index < -0.39 is 0 Å². The molecule has 0 aromatic heterocycles. The second-order valence-corrected chi connectivity index (χ2v) is 2.54. The van der Waals surface area contributed by atoms with E-state index in [0.29, 0.717) is 0 Å². The zero-order chi connectivity index (χ0) is 11.7. The lowest BCUT2D eigenvalue weighted by molar-refractivity contribution is 0.550. The molecule has 0 nitrogen and oxygen atoms in total. The Labute approximate surface area is 77.5 Å². The first kappa shape index (κ1) is 13.6. The minimum absolute atomic E-state index is 0.903. The van der Waals surface area contributed by atoms with Crippen LogP contribution in [0.3, 0.4) is 0 Å². The van der Waals surface area contributed by atoms with Gasteiger partial charge in [-0.3, -0.25) is 0 Å². The molecule has 0 unspecified atom stereocenters. The average molecular weight is 166 g/mol. The molecule has 0 bridgehead atoms. The van der Waals surface area contributed by atoms with Crippen LogP contribution >= 0.6 is 0 Å². The van der Waals surface area contributed by atoms with Crippen LogP contribution in [-0.2, 0) is 0 Å². The third-order valence-electron chi connectivity index (χ3n) is 1.14. The first-order chi connectivity index (χ1) is 6.27. The van der Waals surface area contributed by atoms with Crippen LogP contribution in [-0.4, -0.2) is 0 Å². The third kappa shape index (κ3) is 40.0. The monoisotopic (exact) mass is 166 g/mol. The predicted octanol–water partition coefficient (Wildman–Crippen LogP) is 5.13. The second kappa shape index (κ2) is 22.5. The largest absolute Gasteiger partial charge is 0.0683 e. The van der Waals surface area contributed by atoms with Crippen molar-refractivity contribution in [2.24, 2.45) is 5.92 Å². The molecule has 0 saturated heterocycles. The minimum atomic E-state index is 0.903. The van der Waals surface area contributed by atoms with Gasteiger partial charge in [0, 0.05) is 2.97 Å². The van der Waals surface area contributed by atoms with Gasteiger partial charge in [-0.05, 0) is 5.92 Å². The van der Waals surface area contributed by atoms with Gasteiger partial charge in [0.1, 0.15) is 0 Å². The maximum absolute atomic E-state index is 5.00. The van der Waals surface area contributed by atoms with Crippen LogP contribution < -0.4 is 0 Å². The molecule has 0 rings (SSSR count). The Balaban J connectivity index is -0.0000000573. The first-order valence-corrected chi connectivity index (χ1v) is 5.27. The van der Waals surface area contributed by atoms with E-state index in [4.69, 9.17) is 2.97 Å². The number of hydrogen-bond donors (Lipinski definition) is 0. The molecule has 0 saturated carbocycles. The van der Waals surface area contributed by atoms with Crippen molar-refractivity contribution in [1.82, 2.24) is 0 Å². The van der Waals surface area contributed by atoms with Crippen LogP contribution in [0.4, 0.5) is 0 Å². The van der Waals surface area contributed by atoms with Gasteiger partial charge < -0.3 is 0 Å². The molecule has 74 valence electrons. The van der Waals surface area contributed by atoms with Gasteiger partial charge >= 0.3 is 0 Å². The van der Waals surface area contributed by atoms with Crippen LogP contribution in [0.1, 0.15) is 70.7 Å². The molecule has 0 fully saturated rings. The SMILES string of the molecule is CC.CC.CCCCC(C)C.[3H][3H]. The van der Waals surface area contributed by atoms with Crippen LogP contribution in [0.2, 0.25) is 0 Å². The summed E-state index contributed by atoms with van der Waals surface area (Å²) in [5.74, 6) is 0.903. The number of rotatable bonds is 3. The summed E-state index contributed by atoms with van der Waals surface area (Å²) in [7, 11) is 0. The van der Waals surface area contributed by atoms with Crippen LogP contribution in [0.25, 0.3) is 0 Å². The fourth-order valence-electron chi connectivity index (χ4n) is 0.612. The molecule has 0 radical (unpaired) electrons. The lowest BCUT2D eigenvalue weighted by Gasteiger charge is -1.98. The lowest BCUT2D eigenvalue weighted by Crippen LogP contribution is -1.83.